The average Bonchev–Trinajstić information content (AvgIpc) is 2.25. The zero-order valence-corrected chi connectivity index (χ0v) is 13.2. The van der Waals surface area contributed by atoms with Gasteiger partial charge in [-0.3, -0.25) is 9.35 Å². The van der Waals surface area contributed by atoms with Crippen LogP contribution in [0, 0.1) is 5.41 Å². The van der Waals surface area contributed by atoms with Gasteiger partial charge in [-0.2, -0.15) is 8.42 Å². The topological polar surface area (TPSA) is 130 Å². The lowest BCUT2D eigenvalue weighted by Crippen LogP contribution is -2.31. The standard InChI is InChI=1S/C10H19NO4S.C2H7NO/c1-8(2)9(12)11-6-5-10(3,4)7-16(13,14)15;3-1-2-4/h1,5-7H2,2-4H3,(H,11,12)(H,13,14,15);4H,1-3H2. The molecular formula is C12H26N2O5S. The van der Waals surface area contributed by atoms with Gasteiger partial charge < -0.3 is 16.2 Å². The van der Waals surface area contributed by atoms with Gasteiger partial charge in [-0.1, -0.05) is 20.4 Å². The van der Waals surface area contributed by atoms with E-state index in [9.17, 15) is 13.2 Å². The molecule has 0 saturated carbocycles. The summed E-state index contributed by atoms with van der Waals surface area (Å²) in [6.45, 7) is 9.34. The van der Waals surface area contributed by atoms with E-state index in [1.165, 1.54) is 0 Å². The molecule has 8 heteroatoms. The molecule has 0 fully saturated rings. The van der Waals surface area contributed by atoms with Crippen molar-refractivity contribution < 1.29 is 22.9 Å². The fourth-order valence-corrected chi connectivity index (χ4v) is 2.36. The number of aliphatic hydroxyl groups excluding tert-OH is 1. The summed E-state index contributed by atoms with van der Waals surface area (Å²) in [5.41, 5.74) is 4.61. The van der Waals surface area contributed by atoms with Gasteiger partial charge in [0.05, 0.1) is 12.4 Å². The summed E-state index contributed by atoms with van der Waals surface area (Å²) in [4.78, 5) is 11.1. The zero-order valence-electron chi connectivity index (χ0n) is 12.3. The third-order valence-electron chi connectivity index (χ3n) is 2.18. The third-order valence-corrected chi connectivity index (χ3v) is 3.32. The summed E-state index contributed by atoms with van der Waals surface area (Å²) >= 11 is 0. The van der Waals surface area contributed by atoms with E-state index in [0.29, 0.717) is 25.1 Å². The Kier molecular flexibility index (Phi) is 10.5. The average molecular weight is 310 g/mol. The first-order valence-electron chi connectivity index (χ1n) is 6.15. The van der Waals surface area contributed by atoms with Crippen molar-refractivity contribution in [1.29, 1.82) is 0 Å². The molecule has 0 aliphatic heterocycles. The Hall–Kier alpha value is -0.960. The molecule has 0 heterocycles. The Balaban J connectivity index is 0. The molecular weight excluding hydrogens is 284 g/mol. The minimum Gasteiger partial charge on any atom is -0.395 e. The molecule has 0 spiro atoms. The monoisotopic (exact) mass is 310 g/mol. The summed E-state index contributed by atoms with van der Waals surface area (Å²) in [5.74, 6) is -0.564. The van der Waals surface area contributed by atoms with Crippen LogP contribution in [0.4, 0.5) is 0 Å². The van der Waals surface area contributed by atoms with Crippen molar-refractivity contribution in [1.82, 2.24) is 5.32 Å². The lowest BCUT2D eigenvalue weighted by molar-refractivity contribution is -0.117. The molecule has 1 amide bonds. The number of rotatable bonds is 7. The molecule has 0 aliphatic rings. The normalized spacial score (nSPS) is 11.3. The lowest BCUT2D eigenvalue weighted by Gasteiger charge is -2.22. The maximum atomic E-state index is 11.1. The van der Waals surface area contributed by atoms with E-state index < -0.39 is 15.5 Å². The Bertz CT molecular complexity index is 402. The van der Waals surface area contributed by atoms with Crippen LogP contribution >= 0.6 is 0 Å². The minimum absolute atomic E-state index is 0.0972. The summed E-state index contributed by atoms with van der Waals surface area (Å²) in [6.07, 6.45) is 0.464. The van der Waals surface area contributed by atoms with Crippen molar-refractivity contribution in [3.63, 3.8) is 0 Å². The van der Waals surface area contributed by atoms with Crippen LogP contribution in [0.15, 0.2) is 12.2 Å². The maximum Gasteiger partial charge on any atom is 0.265 e. The second-order valence-corrected chi connectivity index (χ2v) is 6.64. The minimum atomic E-state index is -3.98. The van der Waals surface area contributed by atoms with Gasteiger partial charge in [0.15, 0.2) is 0 Å². The highest BCUT2D eigenvalue weighted by atomic mass is 32.2. The molecule has 0 radical (unpaired) electrons. The van der Waals surface area contributed by atoms with Crippen molar-refractivity contribution in [2.45, 2.75) is 27.2 Å². The molecule has 7 nitrogen and oxygen atoms in total. The van der Waals surface area contributed by atoms with E-state index in [1.54, 1.807) is 20.8 Å². The van der Waals surface area contributed by atoms with Crippen LogP contribution in [-0.2, 0) is 14.9 Å². The van der Waals surface area contributed by atoms with E-state index in [2.05, 4.69) is 11.9 Å². The highest BCUT2D eigenvalue weighted by Gasteiger charge is 2.24. The SMILES string of the molecule is C=C(C)C(=O)NCCC(C)(C)CS(=O)(=O)O.NCCO. The van der Waals surface area contributed by atoms with Gasteiger partial charge >= 0.3 is 0 Å². The molecule has 120 valence electrons. The van der Waals surface area contributed by atoms with Crippen LogP contribution in [0.25, 0.3) is 0 Å². The molecule has 0 bridgehead atoms. The molecule has 0 unspecified atom stereocenters. The van der Waals surface area contributed by atoms with E-state index in [-0.39, 0.29) is 18.3 Å². The first-order chi connectivity index (χ1) is 8.95. The Morgan fingerprint density at radius 1 is 1.40 bits per heavy atom. The number of aliphatic hydroxyl groups is 1. The van der Waals surface area contributed by atoms with Crippen molar-refractivity contribution in [2.24, 2.45) is 11.1 Å². The van der Waals surface area contributed by atoms with Crippen molar-refractivity contribution >= 4 is 16.0 Å². The van der Waals surface area contributed by atoms with Crippen LogP contribution in [-0.4, -0.2) is 49.4 Å². The van der Waals surface area contributed by atoms with Crippen LogP contribution in [0.3, 0.4) is 0 Å². The Labute approximate surface area is 121 Å². The summed E-state index contributed by atoms with van der Waals surface area (Å²) in [7, 11) is -3.98. The molecule has 0 atom stereocenters. The predicted molar refractivity (Wildman–Crippen MR) is 78.8 cm³/mol. The maximum absolute atomic E-state index is 11.1. The van der Waals surface area contributed by atoms with Crippen molar-refractivity contribution in [3.05, 3.63) is 12.2 Å². The number of amides is 1. The fourth-order valence-electron chi connectivity index (χ4n) is 1.23. The largest absolute Gasteiger partial charge is 0.395 e. The Morgan fingerprint density at radius 3 is 2.15 bits per heavy atom. The summed E-state index contributed by atoms with van der Waals surface area (Å²) in [5, 5.41) is 10.4. The van der Waals surface area contributed by atoms with Gasteiger partial charge in [-0.25, -0.2) is 0 Å². The number of carbonyl (C=O) groups excluding carboxylic acids is 1. The van der Waals surface area contributed by atoms with Crippen LogP contribution in [0.1, 0.15) is 27.2 Å². The van der Waals surface area contributed by atoms with Crippen molar-refractivity contribution in [3.8, 4) is 0 Å². The predicted octanol–water partition coefficient (Wildman–Crippen LogP) is -0.0798. The third kappa shape index (κ3) is 15.1. The van der Waals surface area contributed by atoms with Crippen molar-refractivity contribution in [2.75, 3.05) is 25.4 Å². The number of hydrogen-bond donors (Lipinski definition) is 4. The van der Waals surface area contributed by atoms with Gasteiger partial charge in [-0.05, 0) is 18.8 Å². The van der Waals surface area contributed by atoms with Gasteiger partial charge in [0.1, 0.15) is 0 Å². The Morgan fingerprint density at radius 2 is 1.85 bits per heavy atom. The molecule has 0 aromatic carbocycles. The van der Waals surface area contributed by atoms with Crippen LogP contribution < -0.4 is 11.1 Å². The second kappa shape index (κ2) is 9.87. The number of carbonyl (C=O) groups is 1. The van der Waals surface area contributed by atoms with E-state index >= 15 is 0 Å². The molecule has 0 saturated heterocycles. The highest BCUT2D eigenvalue weighted by Crippen LogP contribution is 2.21. The van der Waals surface area contributed by atoms with Crippen LogP contribution in [0.2, 0.25) is 0 Å². The number of nitrogens with one attached hydrogen (secondary N) is 1. The second-order valence-electron chi connectivity index (χ2n) is 5.19. The molecule has 0 aromatic rings. The number of hydrogen-bond acceptors (Lipinski definition) is 5. The number of nitrogens with two attached hydrogens (primary N) is 1. The van der Waals surface area contributed by atoms with Gasteiger partial charge in [-0.15, -0.1) is 0 Å². The molecule has 0 aromatic heterocycles. The molecule has 0 aliphatic carbocycles. The molecule has 20 heavy (non-hydrogen) atoms. The van der Waals surface area contributed by atoms with E-state index in [4.69, 9.17) is 15.4 Å². The lowest BCUT2D eigenvalue weighted by atomic mass is 9.92. The molecule has 0 rings (SSSR count). The van der Waals surface area contributed by atoms with E-state index in [0.717, 1.165) is 0 Å². The fraction of sp³-hybridized carbons (Fsp3) is 0.750. The van der Waals surface area contributed by atoms with Crippen LogP contribution in [0.5, 0.6) is 0 Å². The zero-order chi connectivity index (χ0) is 16.4. The summed E-state index contributed by atoms with van der Waals surface area (Å²) in [6, 6.07) is 0. The van der Waals surface area contributed by atoms with Gasteiger partial charge in [0.2, 0.25) is 5.91 Å². The summed E-state index contributed by atoms with van der Waals surface area (Å²) < 4.78 is 30.1. The first-order valence-corrected chi connectivity index (χ1v) is 7.76. The molecule has 5 N–H and O–H groups in total. The van der Waals surface area contributed by atoms with Gasteiger partial charge in [0.25, 0.3) is 10.1 Å². The van der Waals surface area contributed by atoms with E-state index in [1.807, 2.05) is 0 Å². The quantitative estimate of drug-likeness (QED) is 0.384. The highest BCUT2D eigenvalue weighted by molar-refractivity contribution is 7.85. The van der Waals surface area contributed by atoms with Gasteiger partial charge in [0, 0.05) is 18.7 Å². The first kappa shape index (κ1) is 21.3. The smallest absolute Gasteiger partial charge is 0.265 e.